The van der Waals surface area contributed by atoms with Gasteiger partial charge in [0.05, 0.1) is 0 Å². The molecule has 0 aliphatic rings. The van der Waals surface area contributed by atoms with Crippen molar-refractivity contribution in [1.29, 1.82) is 0 Å². The first-order valence-electron chi connectivity index (χ1n) is 5.22. The molecule has 1 aromatic rings. The van der Waals surface area contributed by atoms with Gasteiger partial charge in [-0.3, -0.25) is 19.1 Å². The summed E-state index contributed by atoms with van der Waals surface area (Å²) in [4.78, 5) is 34.1. The molecule has 106 valence electrons. The minimum atomic E-state index is -4.24. The van der Waals surface area contributed by atoms with Gasteiger partial charge in [0.25, 0.3) is 14.6 Å². The van der Waals surface area contributed by atoms with Crippen molar-refractivity contribution < 1.29 is 18.3 Å². The van der Waals surface area contributed by atoms with Gasteiger partial charge in [-0.25, -0.2) is 13.2 Å². The van der Waals surface area contributed by atoms with Crippen molar-refractivity contribution >= 4 is 25.7 Å². The standard InChI is InChI=1S/C9H11ClN2O6S/c10-19(17,18)6-5-12(9(16)11-8(6)15)4-2-1-3-7(13)14/h5H,1-4H2,(H,13,14)(H,11,15,16). The third kappa shape index (κ3) is 4.52. The number of halogens is 1. The summed E-state index contributed by atoms with van der Waals surface area (Å²) in [5.74, 6) is -0.960. The van der Waals surface area contributed by atoms with E-state index in [2.05, 4.69) is 0 Å². The van der Waals surface area contributed by atoms with Crippen LogP contribution in [0.5, 0.6) is 0 Å². The van der Waals surface area contributed by atoms with Crippen LogP contribution < -0.4 is 11.2 Å². The van der Waals surface area contributed by atoms with Crippen LogP contribution in [0.4, 0.5) is 0 Å². The summed E-state index contributed by atoms with van der Waals surface area (Å²) < 4.78 is 23.1. The first-order chi connectivity index (χ1) is 8.71. The minimum absolute atomic E-state index is 0.0568. The lowest BCUT2D eigenvalue weighted by molar-refractivity contribution is -0.137. The Balaban J connectivity index is 2.94. The summed E-state index contributed by atoms with van der Waals surface area (Å²) in [6.07, 6.45) is 1.47. The number of aliphatic carboxylic acids is 1. The predicted octanol–water partition coefficient (Wildman–Crippen LogP) is -0.281. The van der Waals surface area contributed by atoms with Gasteiger partial charge in [0, 0.05) is 29.8 Å². The number of unbranched alkanes of at least 4 members (excludes halogenated alkanes) is 1. The Kier molecular flexibility index (Phi) is 4.90. The van der Waals surface area contributed by atoms with Crippen LogP contribution in [0.2, 0.25) is 0 Å². The van der Waals surface area contributed by atoms with Crippen LogP contribution in [-0.4, -0.2) is 29.0 Å². The van der Waals surface area contributed by atoms with E-state index in [1.54, 1.807) is 0 Å². The molecule has 0 aromatic carbocycles. The second-order valence-electron chi connectivity index (χ2n) is 3.73. The fourth-order valence-electron chi connectivity index (χ4n) is 1.39. The number of aromatic amines is 1. The fraction of sp³-hybridized carbons (Fsp3) is 0.444. The number of hydrogen-bond donors (Lipinski definition) is 2. The van der Waals surface area contributed by atoms with Gasteiger partial charge in [-0.05, 0) is 12.8 Å². The first kappa shape index (κ1) is 15.4. The molecule has 0 bridgehead atoms. The van der Waals surface area contributed by atoms with Gasteiger partial charge in [-0.1, -0.05) is 0 Å². The Bertz CT molecular complexity index is 689. The molecule has 2 N–H and O–H groups in total. The number of carboxylic acids is 1. The summed E-state index contributed by atoms with van der Waals surface area (Å²) in [6, 6.07) is 0. The van der Waals surface area contributed by atoms with Crippen molar-refractivity contribution in [2.24, 2.45) is 0 Å². The molecule has 0 amide bonds. The lowest BCUT2D eigenvalue weighted by atomic mass is 10.2. The molecule has 0 saturated carbocycles. The van der Waals surface area contributed by atoms with Gasteiger partial charge in [0.15, 0.2) is 4.90 Å². The quantitative estimate of drug-likeness (QED) is 0.549. The summed E-state index contributed by atoms with van der Waals surface area (Å²) in [5.41, 5.74) is -1.86. The van der Waals surface area contributed by atoms with E-state index in [-0.39, 0.29) is 13.0 Å². The van der Waals surface area contributed by atoms with Crippen LogP contribution in [0.1, 0.15) is 19.3 Å². The van der Waals surface area contributed by atoms with Crippen LogP contribution in [0.15, 0.2) is 20.7 Å². The van der Waals surface area contributed by atoms with E-state index in [9.17, 15) is 22.8 Å². The Morgan fingerprint density at radius 2 is 2.00 bits per heavy atom. The molecule has 0 aliphatic heterocycles. The molecule has 0 spiro atoms. The molecule has 19 heavy (non-hydrogen) atoms. The number of H-pyrrole nitrogens is 1. The second-order valence-corrected chi connectivity index (χ2v) is 6.27. The van der Waals surface area contributed by atoms with E-state index >= 15 is 0 Å². The molecule has 0 radical (unpaired) electrons. The van der Waals surface area contributed by atoms with Crippen LogP contribution in [-0.2, 0) is 20.4 Å². The molecule has 0 aliphatic carbocycles. The third-order valence-corrected chi connectivity index (χ3v) is 3.60. The molecular weight excluding hydrogens is 300 g/mol. The lowest BCUT2D eigenvalue weighted by Gasteiger charge is -2.05. The molecule has 0 unspecified atom stereocenters. The van der Waals surface area contributed by atoms with E-state index in [4.69, 9.17) is 15.8 Å². The molecule has 10 heteroatoms. The molecular formula is C9H11ClN2O6S. The zero-order valence-corrected chi connectivity index (χ0v) is 11.2. The number of rotatable bonds is 6. The highest BCUT2D eigenvalue weighted by molar-refractivity contribution is 8.13. The average Bonchev–Trinajstić information content (AvgIpc) is 2.24. The number of carbonyl (C=O) groups is 1. The van der Waals surface area contributed by atoms with E-state index < -0.39 is 31.2 Å². The molecule has 0 saturated heterocycles. The van der Waals surface area contributed by atoms with Crippen molar-refractivity contribution in [2.75, 3.05) is 0 Å². The summed E-state index contributed by atoms with van der Waals surface area (Å²) in [5, 5.41) is 8.44. The molecule has 1 rings (SSSR count). The normalized spacial score (nSPS) is 11.4. The number of nitrogens with one attached hydrogen (secondary N) is 1. The monoisotopic (exact) mass is 310 g/mol. The minimum Gasteiger partial charge on any atom is -0.481 e. The molecule has 1 heterocycles. The highest BCUT2D eigenvalue weighted by Crippen LogP contribution is 2.08. The SMILES string of the molecule is O=C(O)CCCCn1cc(S(=O)(=O)Cl)c(=O)[nH]c1=O. The zero-order chi connectivity index (χ0) is 14.6. The van der Waals surface area contributed by atoms with Crippen molar-refractivity contribution in [1.82, 2.24) is 9.55 Å². The van der Waals surface area contributed by atoms with Gasteiger partial charge >= 0.3 is 11.7 Å². The predicted molar refractivity (Wildman–Crippen MR) is 65.8 cm³/mol. The Morgan fingerprint density at radius 1 is 1.37 bits per heavy atom. The van der Waals surface area contributed by atoms with E-state index in [0.717, 1.165) is 10.8 Å². The fourth-order valence-corrected chi connectivity index (χ4v) is 2.24. The van der Waals surface area contributed by atoms with E-state index in [1.165, 1.54) is 0 Å². The van der Waals surface area contributed by atoms with Crippen molar-refractivity contribution in [2.45, 2.75) is 30.7 Å². The first-order valence-corrected chi connectivity index (χ1v) is 7.53. The average molecular weight is 311 g/mol. The Hall–Kier alpha value is -1.61. The smallest absolute Gasteiger partial charge is 0.328 e. The number of carboxylic acid groups (broad SMARTS) is 1. The lowest BCUT2D eigenvalue weighted by Crippen LogP contribution is -2.32. The second kappa shape index (κ2) is 6.02. The maximum atomic E-state index is 11.4. The van der Waals surface area contributed by atoms with Gasteiger partial charge in [-0.15, -0.1) is 0 Å². The largest absolute Gasteiger partial charge is 0.481 e. The third-order valence-electron chi connectivity index (χ3n) is 2.28. The van der Waals surface area contributed by atoms with Crippen molar-refractivity contribution in [3.63, 3.8) is 0 Å². The van der Waals surface area contributed by atoms with Crippen molar-refractivity contribution in [3.05, 3.63) is 27.0 Å². The number of hydrogen-bond acceptors (Lipinski definition) is 5. The highest BCUT2D eigenvalue weighted by atomic mass is 35.7. The molecule has 1 aromatic heterocycles. The number of nitrogens with zero attached hydrogens (tertiary/aromatic N) is 1. The molecule has 0 fully saturated rings. The van der Waals surface area contributed by atoms with E-state index in [1.807, 2.05) is 4.98 Å². The van der Waals surface area contributed by atoms with Crippen LogP contribution in [0.3, 0.4) is 0 Å². The molecule has 8 nitrogen and oxygen atoms in total. The highest BCUT2D eigenvalue weighted by Gasteiger charge is 2.17. The maximum Gasteiger partial charge on any atom is 0.328 e. The Morgan fingerprint density at radius 3 is 2.53 bits per heavy atom. The van der Waals surface area contributed by atoms with Gasteiger partial charge < -0.3 is 5.11 Å². The van der Waals surface area contributed by atoms with Crippen molar-refractivity contribution in [3.8, 4) is 0 Å². The summed E-state index contributed by atoms with van der Waals surface area (Å²) >= 11 is 0. The topological polar surface area (TPSA) is 126 Å². The number of aryl methyl sites for hydroxylation is 1. The van der Waals surface area contributed by atoms with Gasteiger partial charge in [0.1, 0.15) is 0 Å². The maximum absolute atomic E-state index is 11.4. The summed E-state index contributed by atoms with van der Waals surface area (Å²) in [6.45, 7) is 0.0856. The van der Waals surface area contributed by atoms with E-state index in [0.29, 0.717) is 12.8 Å². The zero-order valence-electron chi connectivity index (χ0n) is 9.63. The van der Waals surface area contributed by atoms with Crippen LogP contribution in [0.25, 0.3) is 0 Å². The summed E-state index contributed by atoms with van der Waals surface area (Å²) in [7, 11) is 0.808. The van der Waals surface area contributed by atoms with Gasteiger partial charge in [0.2, 0.25) is 0 Å². The number of aromatic nitrogens is 2. The Labute approximate surface area is 112 Å². The molecule has 0 atom stereocenters. The van der Waals surface area contributed by atoms with Gasteiger partial charge in [-0.2, -0.15) is 0 Å². The van der Waals surface area contributed by atoms with Crippen LogP contribution >= 0.6 is 10.7 Å². The van der Waals surface area contributed by atoms with Crippen LogP contribution in [0, 0.1) is 0 Å².